The monoisotopic (exact) mass is 205 g/mol. The summed E-state index contributed by atoms with van der Waals surface area (Å²) in [6, 6.07) is 0.179. The van der Waals surface area contributed by atoms with Gasteiger partial charge in [0.15, 0.2) is 0 Å². The van der Waals surface area contributed by atoms with Gasteiger partial charge in [0, 0.05) is 6.04 Å². The lowest BCUT2D eigenvalue weighted by atomic mass is 9.87. The molecule has 0 aromatic rings. The molecule has 78 valence electrons. The molecule has 0 bridgehead atoms. The Labute approximate surface area is 81.0 Å². The summed E-state index contributed by atoms with van der Waals surface area (Å²) in [5.41, 5.74) is 0. The Kier molecular flexibility index (Phi) is 3.74. The lowest BCUT2D eigenvalue weighted by Crippen LogP contribution is -2.41. The van der Waals surface area contributed by atoms with E-state index in [2.05, 4.69) is 11.6 Å². The Bertz CT molecular complexity index is 248. The van der Waals surface area contributed by atoms with Crippen molar-refractivity contribution in [3.63, 3.8) is 0 Å². The van der Waals surface area contributed by atoms with Gasteiger partial charge in [-0.3, -0.25) is 0 Å². The summed E-state index contributed by atoms with van der Waals surface area (Å²) in [6.07, 6.45) is 4.55. The summed E-state index contributed by atoms with van der Waals surface area (Å²) in [5, 5.41) is 0. The number of rotatable bonds is 3. The molecule has 0 radical (unpaired) electrons. The molecule has 1 rings (SSSR count). The van der Waals surface area contributed by atoms with Gasteiger partial charge in [-0.1, -0.05) is 19.8 Å². The molecule has 1 saturated carbocycles. The van der Waals surface area contributed by atoms with Crippen molar-refractivity contribution in [2.24, 2.45) is 5.92 Å². The van der Waals surface area contributed by atoms with E-state index in [1.165, 1.54) is 6.42 Å². The molecular weight excluding hydrogens is 186 g/mol. The van der Waals surface area contributed by atoms with Crippen molar-refractivity contribution in [3.8, 4) is 0 Å². The van der Waals surface area contributed by atoms with Gasteiger partial charge < -0.3 is 0 Å². The molecule has 13 heavy (non-hydrogen) atoms. The minimum absolute atomic E-state index is 0.179. The molecule has 0 aliphatic heterocycles. The van der Waals surface area contributed by atoms with Crippen molar-refractivity contribution in [1.82, 2.24) is 4.72 Å². The fourth-order valence-corrected chi connectivity index (χ4v) is 2.78. The number of nitrogens with one attached hydrogen (secondary N) is 1. The first kappa shape index (κ1) is 11.0. The number of sulfonamides is 1. The Hall–Kier alpha value is -0.0900. The summed E-state index contributed by atoms with van der Waals surface area (Å²) in [5.74, 6) is 0.686. The predicted octanol–water partition coefficient (Wildman–Crippen LogP) is 1.50. The van der Waals surface area contributed by atoms with Crippen LogP contribution in [0.4, 0.5) is 0 Å². The van der Waals surface area contributed by atoms with Crippen LogP contribution in [-0.2, 0) is 10.0 Å². The van der Waals surface area contributed by atoms with Gasteiger partial charge in [-0.05, 0) is 25.7 Å². The van der Waals surface area contributed by atoms with Crippen LogP contribution >= 0.6 is 0 Å². The number of hydrogen-bond donors (Lipinski definition) is 1. The first-order valence-electron chi connectivity index (χ1n) is 5.05. The Morgan fingerprint density at radius 1 is 1.31 bits per heavy atom. The zero-order valence-corrected chi connectivity index (χ0v) is 9.23. The average Bonchev–Trinajstić information content (AvgIpc) is 2.09. The van der Waals surface area contributed by atoms with Gasteiger partial charge in [-0.25, -0.2) is 13.1 Å². The van der Waals surface area contributed by atoms with Crippen molar-refractivity contribution in [2.45, 2.75) is 45.6 Å². The molecule has 0 saturated heterocycles. The van der Waals surface area contributed by atoms with Crippen LogP contribution in [0.1, 0.15) is 39.5 Å². The van der Waals surface area contributed by atoms with Crippen molar-refractivity contribution < 1.29 is 8.42 Å². The average molecular weight is 205 g/mol. The molecule has 0 aromatic carbocycles. The lowest BCUT2D eigenvalue weighted by molar-refractivity contribution is 0.310. The fraction of sp³-hybridized carbons (Fsp3) is 1.00. The van der Waals surface area contributed by atoms with Crippen molar-refractivity contribution in [1.29, 1.82) is 0 Å². The molecule has 1 aliphatic carbocycles. The third kappa shape index (κ3) is 3.27. The van der Waals surface area contributed by atoms with Gasteiger partial charge in [-0.15, -0.1) is 0 Å². The number of hydrogen-bond acceptors (Lipinski definition) is 2. The normalized spacial score (nSPS) is 30.3. The van der Waals surface area contributed by atoms with E-state index in [0.29, 0.717) is 5.92 Å². The van der Waals surface area contributed by atoms with Crippen LogP contribution in [0.25, 0.3) is 0 Å². The van der Waals surface area contributed by atoms with Crippen LogP contribution in [-0.4, -0.2) is 20.2 Å². The maximum Gasteiger partial charge on any atom is 0.211 e. The second-order valence-corrected chi connectivity index (χ2v) is 5.93. The molecular formula is C9H19NO2S. The summed E-state index contributed by atoms with van der Waals surface area (Å²) >= 11 is 0. The Balaban J connectivity index is 2.52. The summed E-state index contributed by atoms with van der Waals surface area (Å²) < 4.78 is 25.4. The predicted molar refractivity (Wildman–Crippen MR) is 54.0 cm³/mol. The smallest absolute Gasteiger partial charge is 0.211 e. The quantitative estimate of drug-likeness (QED) is 0.759. The highest BCUT2D eigenvalue weighted by Gasteiger charge is 2.24. The summed E-state index contributed by atoms with van der Waals surface area (Å²) in [4.78, 5) is 0. The van der Waals surface area contributed by atoms with E-state index in [1.54, 1.807) is 6.92 Å². The molecule has 1 aliphatic rings. The standard InChI is InChI=1S/C9H19NO2S/c1-3-13(11,12)10-9-7-5-4-6-8(9)2/h8-10H,3-7H2,1-2H3/t8-,9?/m0/s1. The molecule has 0 heterocycles. The molecule has 1 unspecified atom stereocenters. The molecule has 4 heteroatoms. The van der Waals surface area contributed by atoms with E-state index >= 15 is 0 Å². The van der Waals surface area contributed by atoms with Crippen molar-refractivity contribution in [2.75, 3.05) is 5.75 Å². The minimum atomic E-state index is -3.00. The van der Waals surface area contributed by atoms with E-state index in [1.807, 2.05) is 0 Å². The molecule has 0 aromatic heterocycles. The van der Waals surface area contributed by atoms with Crippen LogP contribution in [0.2, 0.25) is 0 Å². The zero-order valence-electron chi connectivity index (χ0n) is 8.41. The maximum atomic E-state index is 11.3. The van der Waals surface area contributed by atoms with Crippen LogP contribution in [0.5, 0.6) is 0 Å². The van der Waals surface area contributed by atoms with E-state index in [4.69, 9.17) is 0 Å². The minimum Gasteiger partial charge on any atom is -0.212 e. The lowest BCUT2D eigenvalue weighted by Gasteiger charge is -2.28. The Morgan fingerprint density at radius 2 is 1.92 bits per heavy atom. The Morgan fingerprint density at radius 3 is 2.46 bits per heavy atom. The van der Waals surface area contributed by atoms with Crippen molar-refractivity contribution >= 4 is 10.0 Å². The summed E-state index contributed by atoms with van der Waals surface area (Å²) in [6.45, 7) is 3.80. The molecule has 2 atom stereocenters. The second-order valence-electron chi connectivity index (χ2n) is 3.89. The zero-order chi connectivity index (χ0) is 9.90. The first-order valence-corrected chi connectivity index (χ1v) is 6.70. The van der Waals surface area contributed by atoms with Crippen LogP contribution in [0.15, 0.2) is 0 Å². The highest BCUT2D eigenvalue weighted by molar-refractivity contribution is 7.89. The van der Waals surface area contributed by atoms with Gasteiger partial charge in [0.1, 0.15) is 0 Å². The van der Waals surface area contributed by atoms with Crippen LogP contribution in [0.3, 0.4) is 0 Å². The van der Waals surface area contributed by atoms with Crippen molar-refractivity contribution in [3.05, 3.63) is 0 Å². The third-order valence-electron chi connectivity index (χ3n) is 2.82. The highest BCUT2D eigenvalue weighted by atomic mass is 32.2. The maximum absolute atomic E-state index is 11.3. The van der Waals surface area contributed by atoms with Gasteiger partial charge in [0.25, 0.3) is 0 Å². The molecule has 1 N–H and O–H groups in total. The topological polar surface area (TPSA) is 46.2 Å². The SMILES string of the molecule is CCS(=O)(=O)NC1CCCC[C@@H]1C. The second kappa shape index (κ2) is 4.42. The molecule has 0 spiro atoms. The van der Waals surface area contributed by atoms with Gasteiger partial charge in [0.2, 0.25) is 10.0 Å². The van der Waals surface area contributed by atoms with E-state index < -0.39 is 10.0 Å². The molecule has 0 amide bonds. The van der Waals surface area contributed by atoms with Gasteiger partial charge in [0.05, 0.1) is 5.75 Å². The highest BCUT2D eigenvalue weighted by Crippen LogP contribution is 2.24. The third-order valence-corrected chi connectivity index (χ3v) is 4.24. The van der Waals surface area contributed by atoms with E-state index in [0.717, 1.165) is 19.3 Å². The first-order chi connectivity index (χ1) is 6.05. The summed E-state index contributed by atoms with van der Waals surface area (Å²) in [7, 11) is -3.00. The van der Waals surface area contributed by atoms with Gasteiger partial charge in [-0.2, -0.15) is 0 Å². The van der Waals surface area contributed by atoms with Crippen LogP contribution < -0.4 is 4.72 Å². The molecule has 1 fully saturated rings. The van der Waals surface area contributed by atoms with E-state index in [9.17, 15) is 8.42 Å². The van der Waals surface area contributed by atoms with Crippen LogP contribution in [0, 0.1) is 5.92 Å². The van der Waals surface area contributed by atoms with E-state index in [-0.39, 0.29) is 11.8 Å². The molecule has 3 nitrogen and oxygen atoms in total. The fourth-order valence-electron chi connectivity index (χ4n) is 1.81. The largest absolute Gasteiger partial charge is 0.212 e. The van der Waals surface area contributed by atoms with Gasteiger partial charge >= 0.3 is 0 Å².